The highest BCUT2D eigenvalue weighted by atomic mass is 32.2. The summed E-state index contributed by atoms with van der Waals surface area (Å²) in [5.41, 5.74) is 0. The molecule has 0 aromatic heterocycles. The van der Waals surface area contributed by atoms with Crippen molar-refractivity contribution in [2.45, 2.75) is 62.0 Å². The highest BCUT2D eigenvalue weighted by Crippen LogP contribution is 2.34. The van der Waals surface area contributed by atoms with Crippen LogP contribution in [-0.2, 0) is 0 Å². The molecule has 0 aliphatic carbocycles. The van der Waals surface area contributed by atoms with Gasteiger partial charge in [-0.25, -0.2) is 0 Å². The van der Waals surface area contributed by atoms with Crippen molar-refractivity contribution in [3.05, 3.63) is 0 Å². The minimum Gasteiger partial charge on any atom is -0.395 e. The van der Waals surface area contributed by atoms with E-state index in [9.17, 15) is 5.11 Å². The van der Waals surface area contributed by atoms with Gasteiger partial charge >= 0.3 is 0 Å². The van der Waals surface area contributed by atoms with Gasteiger partial charge in [0.15, 0.2) is 0 Å². The van der Waals surface area contributed by atoms with Crippen LogP contribution in [0, 0.1) is 0 Å². The summed E-state index contributed by atoms with van der Waals surface area (Å²) in [6, 6.07) is 2.64. The van der Waals surface area contributed by atoms with Crippen molar-refractivity contribution in [1.29, 1.82) is 0 Å². The van der Waals surface area contributed by atoms with Crippen LogP contribution in [0.2, 0.25) is 0 Å². The van der Waals surface area contributed by atoms with Gasteiger partial charge in [-0.3, -0.25) is 0 Å². The highest BCUT2D eigenvalue weighted by molar-refractivity contribution is 7.99. The second-order valence-electron chi connectivity index (χ2n) is 5.63. The van der Waals surface area contributed by atoms with E-state index in [1.807, 2.05) is 0 Å². The van der Waals surface area contributed by atoms with Gasteiger partial charge in [-0.15, -0.1) is 0 Å². The summed E-state index contributed by atoms with van der Waals surface area (Å²) in [6.07, 6.45) is 7.39. The van der Waals surface area contributed by atoms with Gasteiger partial charge in [0, 0.05) is 29.4 Å². The van der Waals surface area contributed by atoms with Crippen LogP contribution in [0.5, 0.6) is 0 Å². The maximum Gasteiger partial charge on any atom is 0.0564 e. The number of nitrogens with one attached hydrogen (secondary N) is 1. The molecule has 0 saturated carbocycles. The van der Waals surface area contributed by atoms with Crippen LogP contribution in [0.3, 0.4) is 0 Å². The first-order chi connectivity index (χ1) is 8.15. The fourth-order valence-electron chi connectivity index (χ4n) is 3.46. The Labute approximate surface area is 109 Å². The number of piperidine rings is 1. The number of aliphatic hydroxyl groups excluding tert-OH is 1. The summed E-state index contributed by atoms with van der Waals surface area (Å²) in [5.74, 6) is 0. The van der Waals surface area contributed by atoms with Crippen LogP contribution < -0.4 is 5.32 Å². The number of hydrogen-bond acceptors (Lipinski definition) is 4. The number of hydrogen-bond donors (Lipinski definition) is 2. The second kappa shape index (κ2) is 5.91. The van der Waals surface area contributed by atoms with Crippen LogP contribution in [0.1, 0.15) is 32.6 Å². The molecule has 2 N–H and O–H groups in total. The fourth-order valence-corrected chi connectivity index (χ4v) is 4.10. The van der Waals surface area contributed by atoms with Gasteiger partial charge in [0.25, 0.3) is 0 Å². The molecule has 0 spiro atoms. The Morgan fingerprint density at radius 1 is 1.35 bits per heavy atom. The van der Waals surface area contributed by atoms with Gasteiger partial charge in [0.1, 0.15) is 0 Å². The van der Waals surface area contributed by atoms with Crippen molar-refractivity contribution in [3.63, 3.8) is 0 Å². The van der Waals surface area contributed by atoms with E-state index in [1.54, 1.807) is 11.8 Å². The first-order valence-corrected chi connectivity index (χ1v) is 8.06. The third-order valence-electron chi connectivity index (χ3n) is 4.64. The van der Waals surface area contributed by atoms with E-state index in [-0.39, 0.29) is 6.61 Å². The van der Waals surface area contributed by atoms with Gasteiger partial charge in [0.05, 0.1) is 6.61 Å². The van der Waals surface area contributed by atoms with Crippen LogP contribution in [-0.4, -0.2) is 59.3 Å². The smallest absolute Gasteiger partial charge is 0.0564 e. The lowest BCUT2D eigenvalue weighted by molar-refractivity contribution is 0.141. The van der Waals surface area contributed by atoms with E-state index in [2.05, 4.69) is 30.4 Å². The molecule has 4 atom stereocenters. The van der Waals surface area contributed by atoms with Gasteiger partial charge in [0.2, 0.25) is 0 Å². The third-order valence-corrected chi connectivity index (χ3v) is 5.80. The molecule has 0 aromatic carbocycles. The average Bonchev–Trinajstić information content (AvgIpc) is 2.54. The molecule has 100 valence electrons. The maximum absolute atomic E-state index is 9.32. The zero-order chi connectivity index (χ0) is 12.4. The van der Waals surface area contributed by atoms with Crippen molar-refractivity contribution in [1.82, 2.24) is 10.2 Å². The minimum absolute atomic E-state index is 0.273. The summed E-state index contributed by atoms with van der Waals surface area (Å²) < 4.78 is 0. The number of rotatable bonds is 5. The van der Waals surface area contributed by atoms with E-state index in [4.69, 9.17) is 0 Å². The van der Waals surface area contributed by atoms with E-state index < -0.39 is 0 Å². The molecule has 4 unspecified atom stereocenters. The molecule has 17 heavy (non-hydrogen) atoms. The summed E-state index contributed by atoms with van der Waals surface area (Å²) in [5, 5.41) is 13.4. The van der Waals surface area contributed by atoms with Crippen molar-refractivity contribution in [2.75, 3.05) is 19.9 Å². The monoisotopic (exact) mass is 258 g/mol. The Bertz CT molecular complexity index is 234. The predicted molar refractivity (Wildman–Crippen MR) is 74.6 cm³/mol. The standard InChI is InChI=1S/C13H26N2OS/c1-9(13(8-16)17-3)14-10-6-11-4-5-12(7-10)15(11)2/h9-14,16H,4-8H2,1-3H3. The predicted octanol–water partition coefficient (Wildman–Crippen LogP) is 1.31. The van der Waals surface area contributed by atoms with Crippen LogP contribution in [0.15, 0.2) is 0 Å². The number of fused-ring (bicyclic) bond motifs is 2. The van der Waals surface area contributed by atoms with Crippen molar-refractivity contribution >= 4 is 11.8 Å². The molecule has 0 aromatic rings. The van der Waals surface area contributed by atoms with E-state index in [1.165, 1.54) is 25.7 Å². The van der Waals surface area contributed by atoms with Crippen LogP contribution in [0.25, 0.3) is 0 Å². The van der Waals surface area contributed by atoms with E-state index in [0.29, 0.717) is 17.3 Å². The molecule has 2 aliphatic heterocycles. The Morgan fingerprint density at radius 3 is 2.41 bits per heavy atom. The molecule has 3 nitrogen and oxygen atoms in total. The van der Waals surface area contributed by atoms with E-state index >= 15 is 0 Å². The molecule has 2 saturated heterocycles. The maximum atomic E-state index is 9.32. The molecular weight excluding hydrogens is 232 g/mol. The SMILES string of the molecule is CSC(CO)C(C)NC1CC2CCC(C1)N2C. The molecule has 2 fully saturated rings. The largest absolute Gasteiger partial charge is 0.395 e. The normalized spacial score (nSPS) is 37.1. The quantitative estimate of drug-likeness (QED) is 0.779. The van der Waals surface area contributed by atoms with Crippen molar-refractivity contribution in [2.24, 2.45) is 0 Å². The second-order valence-corrected chi connectivity index (χ2v) is 6.71. The summed E-state index contributed by atoms with van der Waals surface area (Å²) in [6.45, 7) is 2.48. The Hall–Kier alpha value is 0.230. The Morgan fingerprint density at radius 2 is 1.94 bits per heavy atom. The lowest BCUT2D eigenvalue weighted by atomic mass is 9.97. The first-order valence-electron chi connectivity index (χ1n) is 6.77. The van der Waals surface area contributed by atoms with Gasteiger partial charge in [-0.2, -0.15) is 11.8 Å². The summed E-state index contributed by atoms with van der Waals surface area (Å²) in [7, 11) is 2.28. The number of nitrogens with zero attached hydrogens (tertiary/aromatic N) is 1. The lowest BCUT2D eigenvalue weighted by Gasteiger charge is -2.38. The molecule has 0 amide bonds. The van der Waals surface area contributed by atoms with Crippen LogP contribution in [0.4, 0.5) is 0 Å². The Kier molecular flexibility index (Phi) is 4.75. The average molecular weight is 258 g/mol. The molecule has 2 bridgehead atoms. The summed E-state index contributed by atoms with van der Waals surface area (Å²) in [4.78, 5) is 2.57. The molecular formula is C13H26N2OS. The molecule has 0 radical (unpaired) electrons. The molecule has 2 aliphatic rings. The zero-order valence-corrected chi connectivity index (χ0v) is 12.0. The summed E-state index contributed by atoms with van der Waals surface area (Å²) >= 11 is 1.76. The molecule has 2 heterocycles. The number of thioether (sulfide) groups is 1. The van der Waals surface area contributed by atoms with Crippen molar-refractivity contribution in [3.8, 4) is 0 Å². The van der Waals surface area contributed by atoms with Crippen LogP contribution >= 0.6 is 11.8 Å². The number of aliphatic hydroxyl groups is 1. The van der Waals surface area contributed by atoms with E-state index in [0.717, 1.165) is 12.1 Å². The minimum atomic E-state index is 0.273. The topological polar surface area (TPSA) is 35.5 Å². The Balaban J connectivity index is 1.84. The zero-order valence-electron chi connectivity index (χ0n) is 11.2. The van der Waals surface area contributed by atoms with Gasteiger partial charge in [-0.05, 0) is 45.9 Å². The lowest BCUT2D eigenvalue weighted by Crippen LogP contribution is -2.51. The van der Waals surface area contributed by atoms with Gasteiger partial charge in [-0.1, -0.05) is 0 Å². The first kappa shape index (κ1) is 13.7. The van der Waals surface area contributed by atoms with Gasteiger partial charge < -0.3 is 15.3 Å². The van der Waals surface area contributed by atoms with Crippen molar-refractivity contribution < 1.29 is 5.11 Å². The fraction of sp³-hybridized carbons (Fsp3) is 1.00. The molecule has 4 heteroatoms. The third kappa shape index (κ3) is 2.98. The highest BCUT2D eigenvalue weighted by Gasteiger charge is 2.38. The molecule has 2 rings (SSSR count).